The van der Waals surface area contributed by atoms with Crippen LogP contribution in [0.4, 0.5) is 4.39 Å². The lowest BCUT2D eigenvalue weighted by Gasteiger charge is -2.31. The second-order valence-corrected chi connectivity index (χ2v) is 5.64. The highest BCUT2D eigenvalue weighted by molar-refractivity contribution is 5.86. The number of rotatable bonds is 5. The van der Waals surface area contributed by atoms with Gasteiger partial charge in [-0.2, -0.15) is 0 Å². The zero-order valence-corrected chi connectivity index (χ0v) is 13.8. The molecule has 0 radical (unpaired) electrons. The fourth-order valence-electron chi connectivity index (χ4n) is 2.60. The Labute approximate surface area is 141 Å². The molecule has 0 bridgehead atoms. The van der Waals surface area contributed by atoms with Crippen LogP contribution in [-0.4, -0.2) is 42.9 Å². The van der Waals surface area contributed by atoms with Crippen LogP contribution in [0.5, 0.6) is 0 Å². The summed E-state index contributed by atoms with van der Waals surface area (Å²) in [6.45, 7) is 2.04. The lowest BCUT2D eigenvalue weighted by atomic mass is 9.97. The second-order valence-electron chi connectivity index (χ2n) is 5.64. The second kappa shape index (κ2) is 9.47. The fraction of sp³-hybridized carbons (Fsp3) is 0.500. The number of amides is 2. The number of halogens is 2. The van der Waals surface area contributed by atoms with Crippen molar-refractivity contribution in [2.75, 3.05) is 26.2 Å². The predicted octanol–water partition coefficient (Wildman–Crippen LogP) is 1.10. The first kappa shape index (κ1) is 19.4. The molecular formula is C16H23ClFN3O2. The van der Waals surface area contributed by atoms with Crippen LogP contribution < -0.4 is 11.1 Å². The normalized spacial score (nSPS) is 15.0. The monoisotopic (exact) mass is 343 g/mol. The molecule has 3 N–H and O–H groups in total. The number of hydrogen-bond donors (Lipinski definition) is 2. The minimum absolute atomic E-state index is 0. The maximum absolute atomic E-state index is 13.0. The molecule has 1 aromatic carbocycles. The van der Waals surface area contributed by atoms with E-state index in [1.807, 2.05) is 0 Å². The molecule has 2 rings (SSSR count). The number of benzene rings is 1. The molecule has 2 amide bonds. The Bertz CT molecular complexity index is 534. The Balaban J connectivity index is 0.00000264. The van der Waals surface area contributed by atoms with E-state index in [0.29, 0.717) is 31.1 Å². The highest BCUT2D eigenvalue weighted by Gasteiger charge is 2.21. The zero-order valence-electron chi connectivity index (χ0n) is 13.0. The minimum atomic E-state index is -0.371. The minimum Gasteiger partial charge on any atom is -0.347 e. The van der Waals surface area contributed by atoms with Crippen molar-refractivity contribution in [3.05, 3.63) is 35.6 Å². The van der Waals surface area contributed by atoms with Crippen LogP contribution in [-0.2, 0) is 16.0 Å². The van der Waals surface area contributed by atoms with Gasteiger partial charge in [0.15, 0.2) is 0 Å². The Hall–Kier alpha value is -1.66. The molecule has 1 saturated heterocycles. The molecule has 0 unspecified atom stereocenters. The number of hydrogen-bond acceptors (Lipinski definition) is 3. The van der Waals surface area contributed by atoms with Crippen LogP contribution in [0.15, 0.2) is 24.3 Å². The van der Waals surface area contributed by atoms with Crippen molar-refractivity contribution >= 4 is 24.2 Å². The van der Waals surface area contributed by atoms with Gasteiger partial charge in [0.25, 0.3) is 0 Å². The fourth-order valence-corrected chi connectivity index (χ4v) is 2.60. The van der Waals surface area contributed by atoms with Crippen LogP contribution in [0.25, 0.3) is 0 Å². The third kappa shape index (κ3) is 6.15. The van der Waals surface area contributed by atoms with Gasteiger partial charge >= 0.3 is 0 Å². The molecule has 1 fully saturated rings. The van der Waals surface area contributed by atoms with Gasteiger partial charge in [-0.25, -0.2) is 4.39 Å². The molecule has 1 aromatic rings. The van der Waals surface area contributed by atoms with Gasteiger partial charge in [0.1, 0.15) is 5.82 Å². The summed E-state index contributed by atoms with van der Waals surface area (Å²) in [6.07, 6.45) is 1.90. The van der Waals surface area contributed by atoms with Gasteiger partial charge in [0, 0.05) is 13.1 Å². The molecule has 128 valence electrons. The van der Waals surface area contributed by atoms with Crippen molar-refractivity contribution < 1.29 is 14.0 Å². The van der Waals surface area contributed by atoms with Crippen molar-refractivity contribution in [3.63, 3.8) is 0 Å². The van der Waals surface area contributed by atoms with E-state index in [1.165, 1.54) is 12.1 Å². The summed E-state index contributed by atoms with van der Waals surface area (Å²) in [6, 6.07) is 5.89. The highest BCUT2D eigenvalue weighted by Crippen LogP contribution is 2.15. The molecule has 0 spiro atoms. The topological polar surface area (TPSA) is 75.4 Å². The highest BCUT2D eigenvalue weighted by atomic mass is 35.5. The number of carbonyl (C=O) groups excluding carboxylic acids is 2. The Morgan fingerprint density at radius 2 is 2.00 bits per heavy atom. The molecule has 0 atom stereocenters. The molecule has 23 heavy (non-hydrogen) atoms. The lowest BCUT2D eigenvalue weighted by Crippen LogP contribution is -2.45. The molecular weight excluding hydrogens is 321 g/mol. The van der Waals surface area contributed by atoms with Gasteiger partial charge in [-0.05, 0) is 43.0 Å². The zero-order chi connectivity index (χ0) is 15.9. The lowest BCUT2D eigenvalue weighted by molar-refractivity contribution is -0.133. The summed E-state index contributed by atoms with van der Waals surface area (Å²) in [7, 11) is 0. The smallest absolute Gasteiger partial charge is 0.241 e. The van der Waals surface area contributed by atoms with Crippen LogP contribution in [0.1, 0.15) is 18.4 Å². The van der Waals surface area contributed by atoms with Gasteiger partial charge in [-0.15, -0.1) is 12.4 Å². The molecule has 1 aliphatic heterocycles. The summed E-state index contributed by atoms with van der Waals surface area (Å²) in [5.41, 5.74) is 6.21. The van der Waals surface area contributed by atoms with E-state index in [-0.39, 0.29) is 43.0 Å². The van der Waals surface area contributed by atoms with Gasteiger partial charge in [0.2, 0.25) is 11.8 Å². The maximum Gasteiger partial charge on any atom is 0.241 e. The predicted molar refractivity (Wildman–Crippen MR) is 88.7 cm³/mol. The third-order valence-corrected chi connectivity index (χ3v) is 3.99. The van der Waals surface area contributed by atoms with E-state index < -0.39 is 0 Å². The van der Waals surface area contributed by atoms with Gasteiger partial charge in [-0.3, -0.25) is 9.59 Å². The first-order valence-electron chi connectivity index (χ1n) is 7.57. The van der Waals surface area contributed by atoms with Crippen molar-refractivity contribution in [2.24, 2.45) is 11.7 Å². The molecule has 1 aliphatic rings. The molecule has 0 aromatic heterocycles. The average molecular weight is 344 g/mol. The Kier molecular flexibility index (Phi) is 7.98. The van der Waals surface area contributed by atoms with Crippen molar-refractivity contribution in [2.45, 2.75) is 19.3 Å². The summed E-state index contributed by atoms with van der Waals surface area (Å²) < 4.78 is 13.0. The largest absolute Gasteiger partial charge is 0.347 e. The van der Waals surface area contributed by atoms with E-state index in [9.17, 15) is 14.0 Å². The van der Waals surface area contributed by atoms with Gasteiger partial charge in [-0.1, -0.05) is 12.1 Å². The third-order valence-electron chi connectivity index (χ3n) is 3.99. The average Bonchev–Trinajstić information content (AvgIpc) is 2.52. The Morgan fingerprint density at radius 3 is 2.61 bits per heavy atom. The summed E-state index contributed by atoms with van der Waals surface area (Å²) in [5.74, 6) is -0.241. The summed E-state index contributed by atoms with van der Waals surface area (Å²) in [5, 5.41) is 2.60. The number of nitrogens with zero attached hydrogens (tertiary/aromatic N) is 1. The van der Waals surface area contributed by atoms with Crippen LogP contribution in [0.2, 0.25) is 0 Å². The van der Waals surface area contributed by atoms with Crippen molar-refractivity contribution in [1.29, 1.82) is 0 Å². The standard InChI is InChI=1S/C16H22FN3O2.ClH/c17-14-3-1-2-13(8-14)9-15(21)19-11-16(22)20-6-4-12(10-18)5-7-20;/h1-3,8,12H,4-7,9-11,18H2,(H,19,21);1H. The van der Waals surface area contributed by atoms with Crippen LogP contribution in [0, 0.1) is 11.7 Å². The Morgan fingerprint density at radius 1 is 1.30 bits per heavy atom. The summed E-state index contributed by atoms with van der Waals surface area (Å²) in [4.78, 5) is 25.6. The number of nitrogens with one attached hydrogen (secondary N) is 1. The van der Waals surface area contributed by atoms with E-state index in [1.54, 1.807) is 17.0 Å². The molecule has 5 nitrogen and oxygen atoms in total. The first-order chi connectivity index (χ1) is 10.6. The van der Waals surface area contributed by atoms with E-state index in [4.69, 9.17) is 5.73 Å². The number of piperidine rings is 1. The summed E-state index contributed by atoms with van der Waals surface area (Å²) >= 11 is 0. The maximum atomic E-state index is 13.0. The van der Waals surface area contributed by atoms with E-state index in [0.717, 1.165) is 12.8 Å². The van der Waals surface area contributed by atoms with E-state index >= 15 is 0 Å². The molecule has 0 aliphatic carbocycles. The first-order valence-corrected chi connectivity index (χ1v) is 7.57. The molecule has 7 heteroatoms. The van der Waals surface area contributed by atoms with E-state index in [2.05, 4.69) is 5.32 Å². The van der Waals surface area contributed by atoms with Gasteiger partial charge < -0.3 is 16.0 Å². The number of nitrogens with two attached hydrogens (primary N) is 1. The van der Waals surface area contributed by atoms with Crippen LogP contribution >= 0.6 is 12.4 Å². The van der Waals surface area contributed by atoms with Gasteiger partial charge in [0.05, 0.1) is 13.0 Å². The number of likely N-dealkylation sites (tertiary alicyclic amines) is 1. The van der Waals surface area contributed by atoms with Crippen LogP contribution in [0.3, 0.4) is 0 Å². The molecule has 0 saturated carbocycles. The SMILES string of the molecule is Cl.NCC1CCN(C(=O)CNC(=O)Cc2cccc(F)c2)CC1. The van der Waals surface area contributed by atoms with Crippen molar-refractivity contribution in [3.8, 4) is 0 Å². The molecule has 1 heterocycles. The van der Waals surface area contributed by atoms with Crippen molar-refractivity contribution in [1.82, 2.24) is 10.2 Å². The quantitative estimate of drug-likeness (QED) is 0.840. The number of carbonyl (C=O) groups is 2.